The van der Waals surface area contributed by atoms with Gasteiger partial charge < -0.3 is 10.1 Å². The fraction of sp³-hybridized carbons (Fsp3) is 0.182. The predicted molar refractivity (Wildman–Crippen MR) is 111 cm³/mol. The number of hydrogen-bond donors (Lipinski definition) is 1. The van der Waals surface area contributed by atoms with E-state index in [1.165, 1.54) is 23.2 Å². The summed E-state index contributed by atoms with van der Waals surface area (Å²) >= 11 is 1.69. The number of nitrogens with zero attached hydrogens (tertiary/aromatic N) is 1. The second kappa shape index (κ2) is 9.67. The summed E-state index contributed by atoms with van der Waals surface area (Å²) < 4.78 is 41.0. The van der Waals surface area contributed by atoms with Gasteiger partial charge in [-0.25, -0.2) is 4.98 Å². The number of benzene rings is 2. The van der Waals surface area contributed by atoms with Gasteiger partial charge in [-0.15, -0.1) is 11.8 Å². The molecule has 1 amide bonds. The van der Waals surface area contributed by atoms with Crippen LogP contribution in [0.1, 0.15) is 15.9 Å². The smallest absolute Gasteiger partial charge is 0.422 e. The molecule has 3 aromatic rings. The molecule has 0 unspecified atom stereocenters. The maximum Gasteiger partial charge on any atom is 0.422 e. The normalized spacial score (nSPS) is 11.2. The highest BCUT2D eigenvalue weighted by molar-refractivity contribution is 7.98. The highest BCUT2D eigenvalue weighted by Crippen LogP contribution is 2.23. The van der Waals surface area contributed by atoms with Crippen molar-refractivity contribution in [2.24, 2.45) is 0 Å². The average Bonchev–Trinajstić information content (AvgIpc) is 2.76. The molecule has 0 aliphatic heterocycles. The third-order valence-electron chi connectivity index (χ3n) is 4.21. The van der Waals surface area contributed by atoms with Gasteiger partial charge in [0, 0.05) is 23.7 Å². The van der Waals surface area contributed by atoms with Gasteiger partial charge >= 0.3 is 6.18 Å². The fourth-order valence-electron chi connectivity index (χ4n) is 2.64. The minimum Gasteiger partial charge on any atom is -0.468 e. The first kappa shape index (κ1) is 21.7. The Bertz CT molecular complexity index is 973. The summed E-state index contributed by atoms with van der Waals surface area (Å²) in [5, 5.41) is 2.76. The summed E-state index contributed by atoms with van der Waals surface area (Å²) in [7, 11) is 0. The zero-order valence-corrected chi connectivity index (χ0v) is 16.9. The Hall–Kier alpha value is -3.00. The van der Waals surface area contributed by atoms with Crippen LogP contribution in [0.25, 0.3) is 11.1 Å². The van der Waals surface area contributed by atoms with Gasteiger partial charge in [-0.1, -0.05) is 36.4 Å². The monoisotopic (exact) mass is 432 g/mol. The Morgan fingerprint density at radius 1 is 1.00 bits per heavy atom. The number of carbonyl (C=O) groups excluding carboxylic acids is 1. The summed E-state index contributed by atoms with van der Waals surface area (Å²) in [6.45, 7) is -1.11. The van der Waals surface area contributed by atoms with E-state index in [9.17, 15) is 18.0 Å². The molecule has 3 rings (SSSR count). The van der Waals surface area contributed by atoms with Crippen LogP contribution in [0.15, 0.2) is 71.8 Å². The van der Waals surface area contributed by atoms with Gasteiger partial charge in [0.15, 0.2) is 6.61 Å². The van der Waals surface area contributed by atoms with Crippen molar-refractivity contribution in [2.75, 3.05) is 12.9 Å². The zero-order valence-electron chi connectivity index (χ0n) is 16.1. The van der Waals surface area contributed by atoms with E-state index in [1.807, 2.05) is 30.5 Å². The molecule has 0 spiro atoms. The molecule has 0 saturated heterocycles. The Kier molecular flexibility index (Phi) is 6.99. The second-order valence-electron chi connectivity index (χ2n) is 6.40. The topological polar surface area (TPSA) is 51.2 Å². The molecular formula is C22H19F3N2O2S. The number of pyridine rings is 1. The van der Waals surface area contributed by atoms with E-state index in [1.54, 1.807) is 11.8 Å². The van der Waals surface area contributed by atoms with Crippen molar-refractivity contribution < 1.29 is 22.7 Å². The van der Waals surface area contributed by atoms with Gasteiger partial charge in [-0.2, -0.15) is 13.2 Å². The Morgan fingerprint density at radius 3 is 2.17 bits per heavy atom. The third-order valence-corrected chi connectivity index (χ3v) is 4.96. The summed E-state index contributed by atoms with van der Waals surface area (Å²) in [4.78, 5) is 17.2. The number of amides is 1. The zero-order chi connectivity index (χ0) is 21.6. The van der Waals surface area contributed by atoms with Crippen LogP contribution in [0.4, 0.5) is 13.2 Å². The lowest BCUT2D eigenvalue weighted by Crippen LogP contribution is -2.23. The highest BCUT2D eigenvalue weighted by Gasteiger charge is 2.28. The molecule has 0 bridgehead atoms. The van der Waals surface area contributed by atoms with Crippen LogP contribution in [0.3, 0.4) is 0 Å². The molecule has 0 fully saturated rings. The largest absolute Gasteiger partial charge is 0.468 e. The van der Waals surface area contributed by atoms with Crippen LogP contribution >= 0.6 is 11.8 Å². The number of halogens is 3. The van der Waals surface area contributed by atoms with E-state index >= 15 is 0 Å². The Morgan fingerprint density at radius 2 is 1.63 bits per heavy atom. The summed E-state index contributed by atoms with van der Waals surface area (Å²) in [5.74, 6) is -0.563. The molecule has 156 valence electrons. The minimum absolute atomic E-state index is 0.190. The van der Waals surface area contributed by atoms with E-state index in [0.717, 1.165) is 16.7 Å². The van der Waals surface area contributed by atoms with Crippen LogP contribution in [-0.2, 0) is 6.54 Å². The number of thioether (sulfide) groups is 1. The van der Waals surface area contributed by atoms with Gasteiger partial charge in [0.1, 0.15) is 0 Å². The molecule has 0 saturated carbocycles. The Balaban J connectivity index is 1.54. The lowest BCUT2D eigenvalue weighted by Gasteiger charge is -2.09. The standard InChI is InChI=1S/C22H19F3N2O2S/c1-30-19-9-6-17(7-10-19)16-4-2-15(3-5-16)12-27-21(28)18-8-11-20(26-13-18)29-14-22(23,24)25/h2-11,13H,12,14H2,1H3,(H,27,28). The molecule has 0 radical (unpaired) electrons. The fourth-order valence-corrected chi connectivity index (χ4v) is 3.05. The van der Waals surface area contributed by atoms with Crippen molar-refractivity contribution in [1.82, 2.24) is 10.3 Å². The van der Waals surface area contributed by atoms with Crippen molar-refractivity contribution in [3.63, 3.8) is 0 Å². The first-order chi connectivity index (χ1) is 14.3. The van der Waals surface area contributed by atoms with Gasteiger partial charge in [0.05, 0.1) is 5.56 Å². The van der Waals surface area contributed by atoms with Crippen molar-refractivity contribution in [2.45, 2.75) is 17.6 Å². The first-order valence-electron chi connectivity index (χ1n) is 9.01. The average molecular weight is 432 g/mol. The van der Waals surface area contributed by atoms with Crippen LogP contribution in [0.2, 0.25) is 0 Å². The van der Waals surface area contributed by atoms with E-state index in [2.05, 4.69) is 39.3 Å². The van der Waals surface area contributed by atoms with Crippen molar-refractivity contribution in [3.8, 4) is 17.0 Å². The van der Waals surface area contributed by atoms with Crippen LogP contribution in [0.5, 0.6) is 5.88 Å². The van der Waals surface area contributed by atoms with Crippen LogP contribution < -0.4 is 10.1 Å². The molecule has 8 heteroatoms. The lowest BCUT2D eigenvalue weighted by molar-refractivity contribution is -0.154. The Labute approximate surface area is 176 Å². The van der Waals surface area contributed by atoms with Crippen LogP contribution in [0, 0.1) is 0 Å². The number of hydrogen-bond acceptors (Lipinski definition) is 4. The van der Waals surface area contributed by atoms with E-state index in [-0.39, 0.29) is 17.4 Å². The molecule has 4 nitrogen and oxygen atoms in total. The van der Waals surface area contributed by atoms with Crippen molar-refractivity contribution >= 4 is 17.7 Å². The molecular weight excluding hydrogens is 413 g/mol. The molecule has 0 aliphatic carbocycles. The summed E-state index contributed by atoms with van der Waals surface area (Å²) in [6, 6.07) is 18.7. The maximum absolute atomic E-state index is 12.2. The second-order valence-corrected chi connectivity index (χ2v) is 7.28. The number of carbonyl (C=O) groups is 1. The molecule has 2 aromatic carbocycles. The van der Waals surface area contributed by atoms with Gasteiger partial charge in [-0.05, 0) is 41.1 Å². The number of aromatic nitrogens is 1. The van der Waals surface area contributed by atoms with Gasteiger partial charge in [0.2, 0.25) is 5.88 Å². The number of rotatable bonds is 7. The third kappa shape index (κ3) is 6.25. The van der Waals surface area contributed by atoms with Gasteiger partial charge in [0.25, 0.3) is 5.91 Å². The van der Waals surface area contributed by atoms with Crippen molar-refractivity contribution in [3.05, 3.63) is 78.0 Å². The highest BCUT2D eigenvalue weighted by atomic mass is 32.2. The number of alkyl halides is 3. The molecule has 0 atom stereocenters. The molecule has 0 aliphatic rings. The first-order valence-corrected chi connectivity index (χ1v) is 10.2. The molecule has 30 heavy (non-hydrogen) atoms. The number of ether oxygens (including phenoxy) is 1. The van der Waals surface area contributed by atoms with E-state index in [0.29, 0.717) is 6.54 Å². The molecule has 1 aromatic heterocycles. The quantitative estimate of drug-likeness (QED) is 0.512. The predicted octanol–water partition coefficient (Wildman–Crippen LogP) is 5.34. The maximum atomic E-state index is 12.2. The SMILES string of the molecule is CSc1ccc(-c2ccc(CNC(=O)c3ccc(OCC(F)(F)F)nc3)cc2)cc1. The lowest BCUT2D eigenvalue weighted by atomic mass is 10.0. The minimum atomic E-state index is -4.44. The van der Waals surface area contributed by atoms with Crippen molar-refractivity contribution in [1.29, 1.82) is 0 Å². The summed E-state index contributed by atoms with van der Waals surface area (Å²) in [6.07, 6.45) is -1.22. The van der Waals surface area contributed by atoms with E-state index in [4.69, 9.17) is 0 Å². The number of nitrogens with one attached hydrogen (secondary N) is 1. The van der Waals surface area contributed by atoms with Crippen LogP contribution in [-0.4, -0.2) is 29.9 Å². The summed E-state index contributed by atoms with van der Waals surface area (Å²) in [5.41, 5.74) is 3.35. The molecule has 1 heterocycles. The van der Waals surface area contributed by atoms with Gasteiger partial charge in [-0.3, -0.25) is 4.79 Å². The van der Waals surface area contributed by atoms with E-state index < -0.39 is 12.8 Å². The molecule has 1 N–H and O–H groups in total.